The molecule has 1 heterocycles. The topological polar surface area (TPSA) is 51.2 Å². The van der Waals surface area contributed by atoms with E-state index in [0.717, 1.165) is 28.6 Å². The van der Waals surface area contributed by atoms with E-state index in [0.29, 0.717) is 33.1 Å². The second-order valence-corrected chi connectivity index (χ2v) is 8.82. The van der Waals surface area contributed by atoms with E-state index in [-0.39, 0.29) is 5.91 Å². The summed E-state index contributed by atoms with van der Waals surface area (Å²) in [5.41, 5.74) is 2.37. The summed E-state index contributed by atoms with van der Waals surface area (Å²) in [4.78, 5) is 17.1. The molecule has 7 heteroatoms. The van der Waals surface area contributed by atoms with E-state index in [1.54, 1.807) is 12.1 Å². The van der Waals surface area contributed by atoms with Gasteiger partial charge >= 0.3 is 0 Å². The van der Waals surface area contributed by atoms with Gasteiger partial charge in [0.25, 0.3) is 5.91 Å². The number of aryl methyl sites for hydroxylation is 1. The predicted molar refractivity (Wildman–Crippen MR) is 123 cm³/mol. The molecule has 1 aromatic heterocycles. The number of carbonyl (C=O) groups is 1. The van der Waals surface area contributed by atoms with E-state index in [4.69, 9.17) is 27.9 Å². The maximum Gasteiger partial charge on any atom is 0.257 e. The molecule has 0 radical (unpaired) electrons. The van der Waals surface area contributed by atoms with Crippen molar-refractivity contribution in [3.05, 3.63) is 51.5 Å². The molecule has 29 heavy (non-hydrogen) atoms. The van der Waals surface area contributed by atoms with Gasteiger partial charge in [-0.1, -0.05) is 73.2 Å². The van der Waals surface area contributed by atoms with E-state index in [9.17, 15) is 4.79 Å². The average Bonchev–Trinajstić information content (AvgIpc) is 3.07. The van der Waals surface area contributed by atoms with E-state index < -0.39 is 0 Å². The number of ether oxygens (including phenoxy) is 1. The van der Waals surface area contributed by atoms with Gasteiger partial charge in [-0.2, -0.15) is 0 Å². The van der Waals surface area contributed by atoms with Crippen LogP contribution in [0.4, 0.5) is 5.13 Å². The van der Waals surface area contributed by atoms with Gasteiger partial charge in [-0.15, -0.1) is 0 Å². The summed E-state index contributed by atoms with van der Waals surface area (Å²) in [6.07, 6.45) is 5.71. The van der Waals surface area contributed by atoms with Crippen molar-refractivity contribution in [3.8, 4) is 5.75 Å². The zero-order valence-corrected chi connectivity index (χ0v) is 18.9. The van der Waals surface area contributed by atoms with Crippen LogP contribution >= 0.6 is 34.5 Å². The lowest BCUT2D eigenvalue weighted by Crippen LogP contribution is -2.12. The van der Waals surface area contributed by atoms with Gasteiger partial charge in [0.2, 0.25) is 0 Å². The van der Waals surface area contributed by atoms with Crippen LogP contribution in [-0.2, 0) is 0 Å². The van der Waals surface area contributed by atoms with Gasteiger partial charge < -0.3 is 4.74 Å². The van der Waals surface area contributed by atoms with Crippen LogP contribution in [0.5, 0.6) is 5.75 Å². The predicted octanol–water partition coefficient (Wildman–Crippen LogP) is 7.51. The van der Waals surface area contributed by atoms with Gasteiger partial charge in [-0.25, -0.2) is 4.98 Å². The molecule has 3 aromatic rings. The third-order valence-electron chi connectivity index (χ3n) is 4.52. The molecular formula is C22H24Cl2N2O2S. The maximum atomic E-state index is 12.6. The number of thiazole rings is 1. The van der Waals surface area contributed by atoms with Gasteiger partial charge in [0.05, 0.1) is 26.9 Å². The molecule has 1 amide bonds. The molecule has 0 aliphatic carbocycles. The number of nitrogens with one attached hydrogen (secondary N) is 1. The second-order valence-electron chi connectivity index (χ2n) is 6.98. The first-order chi connectivity index (χ1) is 14.0. The number of carbonyl (C=O) groups excluding carboxylic acids is 1. The van der Waals surface area contributed by atoms with Crippen LogP contribution in [0.25, 0.3) is 10.2 Å². The number of hydrogen-bond donors (Lipinski definition) is 1. The molecule has 0 unspecified atom stereocenters. The summed E-state index contributed by atoms with van der Waals surface area (Å²) in [6, 6.07) is 9.14. The molecule has 0 spiro atoms. The fourth-order valence-electron chi connectivity index (χ4n) is 2.96. The van der Waals surface area contributed by atoms with Crippen molar-refractivity contribution in [2.45, 2.75) is 46.0 Å². The highest BCUT2D eigenvalue weighted by molar-refractivity contribution is 7.22. The lowest BCUT2D eigenvalue weighted by atomic mass is 10.2. The molecule has 0 aliphatic rings. The SMILES string of the molecule is CCCCCCCOc1c(Cl)cc(C(=O)Nc2nc3ccc(C)cc3s2)cc1Cl. The number of nitrogens with zero attached hydrogens (tertiary/aromatic N) is 1. The summed E-state index contributed by atoms with van der Waals surface area (Å²) < 4.78 is 6.77. The number of rotatable bonds is 9. The number of benzene rings is 2. The smallest absolute Gasteiger partial charge is 0.257 e. The zero-order chi connectivity index (χ0) is 20.8. The van der Waals surface area contributed by atoms with Crippen LogP contribution in [-0.4, -0.2) is 17.5 Å². The molecular weight excluding hydrogens is 427 g/mol. The largest absolute Gasteiger partial charge is 0.490 e. The van der Waals surface area contributed by atoms with Crippen molar-refractivity contribution in [1.82, 2.24) is 4.98 Å². The van der Waals surface area contributed by atoms with Crippen molar-refractivity contribution in [2.24, 2.45) is 0 Å². The van der Waals surface area contributed by atoms with Crippen molar-refractivity contribution >= 4 is 55.8 Å². The standard InChI is InChI=1S/C22H24Cl2N2O2S/c1-3-4-5-6-7-10-28-20-16(23)12-15(13-17(20)24)21(27)26-22-25-18-9-8-14(2)11-19(18)29-22/h8-9,11-13H,3-7,10H2,1-2H3,(H,25,26,27). The van der Waals surface area contributed by atoms with Crippen molar-refractivity contribution < 1.29 is 9.53 Å². The monoisotopic (exact) mass is 450 g/mol. The molecule has 0 bridgehead atoms. The van der Waals surface area contributed by atoms with E-state index in [1.165, 1.54) is 30.6 Å². The first-order valence-corrected chi connectivity index (χ1v) is 11.4. The lowest BCUT2D eigenvalue weighted by Gasteiger charge is -2.11. The molecule has 2 aromatic carbocycles. The van der Waals surface area contributed by atoms with Crippen molar-refractivity contribution in [3.63, 3.8) is 0 Å². The minimum absolute atomic E-state index is 0.310. The summed E-state index contributed by atoms with van der Waals surface area (Å²) in [5.74, 6) is 0.117. The van der Waals surface area contributed by atoms with Crippen LogP contribution in [0.3, 0.4) is 0 Å². The first kappa shape index (κ1) is 21.9. The third kappa shape index (κ3) is 5.84. The Morgan fingerprint density at radius 3 is 2.55 bits per heavy atom. The van der Waals surface area contributed by atoms with Gasteiger partial charge in [0.15, 0.2) is 10.9 Å². The van der Waals surface area contributed by atoms with Gasteiger partial charge in [0.1, 0.15) is 0 Å². The number of hydrogen-bond acceptors (Lipinski definition) is 4. The Hall–Kier alpha value is -1.82. The summed E-state index contributed by atoms with van der Waals surface area (Å²) >= 11 is 14.1. The Morgan fingerprint density at radius 2 is 1.83 bits per heavy atom. The van der Waals surface area contributed by atoms with Gasteiger partial charge in [-0.05, 0) is 43.2 Å². The summed E-state index contributed by atoms with van der Waals surface area (Å²) in [6.45, 7) is 4.77. The molecule has 0 aliphatic heterocycles. The molecule has 1 N–H and O–H groups in total. The Balaban J connectivity index is 1.64. The molecule has 3 rings (SSSR count). The number of aromatic nitrogens is 1. The second kappa shape index (κ2) is 10.3. The number of unbranched alkanes of at least 4 members (excludes halogenated alkanes) is 4. The first-order valence-electron chi connectivity index (χ1n) is 9.78. The number of fused-ring (bicyclic) bond motifs is 1. The Bertz CT molecular complexity index is 981. The molecule has 0 saturated heterocycles. The third-order valence-corrected chi connectivity index (χ3v) is 6.01. The molecule has 0 saturated carbocycles. The van der Waals surface area contributed by atoms with Crippen LogP contribution in [0.1, 0.15) is 54.9 Å². The summed E-state index contributed by atoms with van der Waals surface area (Å²) in [7, 11) is 0. The van der Waals surface area contributed by atoms with Crippen molar-refractivity contribution in [2.75, 3.05) is 11.9 Å². The fourth-order valence-corrected chi connectivity index (χ4v) is 4.52. The fraction of sp³-hybridized carbons (Fsp3) is 0.364. The quantitative estimate of drug-likeness (QED) is 0.343. The van der Waals surface area contributed by atoms with E-state index in [1.807, 2.05) is 25.1 Å². The molecule has 154 valence electrons. The Labute approximate surface area is 185 Å². The summed E-state index contributed by atoms with van der Waals surface area (Å²) in [5, 5.41) is 4.02. The average molecular weight is 451 g/mol. The highest BCUT2D eigenvalue weighted by Crippen LogP contribution is 2.35. The lowest BCUT2D eigenvalue weighted by molar-refractivity contribution is 0.102. The van der Waals surface area contributed by atoms with Crippen LogP contribution in [0.2, 0.25) is 10.0 Å². The molecule has 4 nitrogen and oxygen atoms in total. The van der Waals surface area contributed by atoms with E-state index in [2.05, 4.69) is 17.2 Å². The zero-order valence-electron chi connectivity index (χ0n) is 16.6. The van der Waals surface area contributed by atoms with Crippen molar-refractivity contribution in [1.29, 1.82) is 0 Å². The van der Waals surface area contributed by atoms with Crippen LogP contribution in [0, 0.1) is 6.92 Å². The Morgan fingerprint density at radius 1 is 1.10 bits per heavy atom. The highest BCUT2D eigenvalue weighted by Gasteiger charge is 2.16. The minimum atomic E-state index is -0.310. The highest BCUT2D eigenvalue weighted by atomic mass is 35.5. The number of halogens is 2. The van der Waals surface area contributed by atoms with Crippen LogP contribution in [0.15, 0.2) is 30.3 Å². The molecule has 0 atom stereocenters. The molecule has 0 fully saturated rings. The van der Waals surface area contributed by atoms with Gasteiger partial charge in [-0.3, -0.25) is 10.1 Å². The minimum Gasteiger partial charge on any atom is -0.490 e. The van der Waals surface area contributed by atoms with E-state index >= 15 is 0 Å². The normalized spacial score (nSPS) is 11.0. The van der Waals surface area contributed by atoms with Gasteiger partial charge in [0, 0.05) is 5.56 Å². The van der Waals surface area contributed by atoms with Crippen LogP contribution < -0.4 is 10.1 Å². The number of amides is 1. The number of anilines is 1. The Kier molecular flexibility index (Phi) is 7.76. The maximum absolute atomic E-state index is 12.6.